The molecule has 0 unspecified atom stereocenters. The molecule has 132 valence electrons. The van der Waals surface area contributed by atoms with Crippen LogP contribution in [-0.2, 0) is 20.8 Å². The minimum absolute atomic E-state index is 0.554. The maximum Gasteiger partial charge on any atom is 0.172 e. The van der Waals surface area contributed by atoms with E-state index in [1.807, 2.05) is 12.1 Å². The van der Waals surface area contributed by atoms with Gasteiger partial charge in [0.1, 0.15) is 18.9 Å². The van der Waals surface area contributed by atoms with Gasteiger partial charge in [0.05, 0.1) is 33.0 Å². The summed E-state index contributed by atoms with van der Waals surface area (Å²) >= 11 is 0. The average molecular weight is 326 g/mol. The summed E-state index contributed by atoms with van der Waals surface area (Å²) in [5, 5.41) is 0. The molecule has 1 aromatic heterocycles. The number of ether oxygens (including phenoxy) is 4. The molecule has 0 atom stereocenters. The van der Waals surface area contributed by atoms with Crippen LogP contribution >= 0.6 is 0 Å². The number of rotatable bonds is 15. The molecule has 0 aliphatic rings. The summed E-state index contributed by atoms with van der Waals surface area (Å²) in [5.41, 5.74) is 0. The summed E-state index contributed by atoms with van der Waals surface area (Å²) in [6.45, 7) is 6.84. The van der Waals surface area contributed by atoms with Gasteiger partial charge >= 0.3 is 0 Å². The Labute approximate surface area is 140 Å². The number of hydrogen-bond acceptors (Lipinski definition) is 4. The second-order valence-electron chi connectivity index (χ2n) is 5.40. The molecule has 0 aliphatic carbocycles. The molecule has 0 aromatic carbocycles. The van der Waals surface area contributed by atoms with Gasteiger partial charge in [0.15, 0.2) is 12.4 Å². The molecule has 23 heavy (non-hydrogen) atoms. The largest absolute Gasteiger partial charge is 0.491 e. The number of methoxy groups -OCH3 is 1. The standard InChI is InChI=1S/C18H32NO4/c1-3-4-5-6-9-19-10-7-18(8-11-19)23-17-16-22-15-14-21-13-12-20-2/h7-8,10-11H,3-6,9,12-17H2,1-2H3/q+1. The summed E-state index contributed by atoms with van der Waals surface area (Å²) in [4.78, 5) is 0. The molecule has 0 N–H and O–H groups in total. The highest BCUT2D eigenvalue weighted by Crippen LogP contribution is 2.06. The topological polar surface area (TPSA) is 40.8 Å². The van der Waals surface area contributed by atoms with Crippen molar-refractivity contribution >= 4 is 0 Å². The Kier molecular flexibility index (Phi) is 12.5. The molecular formula is C18H32NO4+. The molecule has 1 rings (SSSR count). The van der Waals surface area contributed by atoms with Crippen molar-refractivity contribution in [3.63, 3.8) is 0 Å². The Balaban J connectivity index is 2.00. The predicted molar refractivity (Wildman–Crippen MR) is 89.8 cm³/mol. The Morgan fingerprint density at radius 1 is 0.826 bits per heavy atom. The third kappa shape index (κ3) is 11.1. The van der Waals surface area contributed by atoms with Gasteiger partial charge in [-0.1, -0.05) is 19.8 Å². The van der Waals surface area contributed by atoms with Crippen LogP contribution in [0.5, 0.6) is 5.75 Å². The van der Waals surface area contributed by atoms with E-state index in [0.29, 0.717) is 39.6 Å². The quantitative estimate of drug-likeness (QED) is 0.367. The first-order valence-corrected chi connectivity index (χ1v) is 8.63. The zero-order valence-electron chi connectivity index (χ0n) is 14.7. The van der Waals surface area contributed by atoms with Gasteiger partial charge < -0.3 is 18.9 Å². The maximum absolute atomic E-state index is 5.65. The van der Waals surface area contributed by atoms with Crippen LogP contribution in [0.1, 0.15) is 32.6 Å². The van der Waals surface area contributed by atoms with Crippen molar-refractivity contribution in [1.29, 1.82) is 0 Å². The molecule has 0 radical (unpaired) electrons. The Morgan fingerprint density at radius 2 is 1.48 bits per heavy atom. The number of hydrogen-bond donors (Lipinski definition) is 0. The summed E-state index contributed by atoms with van der Waals surface area (Å²) < 4.78 is 23.5. The van der Waals surface area contributed by atoms with E-state index in [0.717, 1.165) is 12.3 Å². The van der Waals surface area contributed by atoms with Gasteiger partial charge in [-0.3, -0.25) is 0 Å². The molecule has 5 heteroatoms. The average Bonchev–Trinajstić information content (AvgIpc) is 2.58. The van der Waals surface area contributed by atoms with Crippen LogP contribution in [0.2, 0.25) is 0 Å². The molecular weight excluding hydrogens is 294 g/mol. The lowest BCUT2D eigenvalue weighted by molar-refractivity contribution is -0.697. The first-order valence-electron chi connectivity index (χ1n) is 8.63. The highest BCUT2D eigenvalue weighted by molar-refractivity contribution is 5.14. The molecule has 0 saturated heterocycles. The second-order valence-corrected chi connectivity index (χ2v) is 5.40. The minimum atomic E-state index is 0.554. The molecule has 0 aliphatic heterocycles. The van der Waals surface area contributed by atoms with Gasteiger partial charge in [-0.05, 0) is 6.42 Å². The van der Waals surface area contributed by atoms with E-state index in [-0.39, 0.29) is 0 Å². The molecule has 0 amide bonds. The van der Waals surface area contributed by atoms with Crippen LogP contribution in [-0.4, -0.2) is 46.8 Å². The summed E-state index contributed by atoms with van der Waals surface area (Å²) in [6.07, 6.45) is 9.28. The van der Waals surface area contributed by atoms with Crippen molar-refractivity contribution in [3.05, 3.63) is 24.5 Å². The van der Waals surface area contributed by atoms with Crippen molar-refractivity contribution in [1.82, 2.24) is 0 Å². The normalized spacial score (nSPS) is 10.9. The van der Waals surface area contributed by atoms with Crippen molar-refractivity contribution < 1.29 is 23.5 Å². The smallest absolute Gasteiger partial charge is 0.172 e. The molecule has 1 heterocycles. The lowest BCUT2D eigenvalue weighted by atomic mass is 10.2. The minimum Gasteiger partial charge on any atom is -0.491 e. The van der Waals surface area contributed by atoms with Crippen LogP contribution < -0.4 is 9.30 Å². The first-order chi connectivity index (χ1) is 11.4. The van der Waals surface area contributed by atoms with Gasteiger partial charge in [-0.25, -0.2) is 4.57 Å². The number of aromatic nitrogens is 1. The van der Waals surface area contributed by atoms with E-state index in [9.17, 15) is 0 Å². The van der Waals surface area contributed by atoms with Gasteiger partial charge in [0.2, 0.25) is 0 Å². The Hall–Kier alpha value is -1.17. The molecule has 5 nitrogen and oxygen atoms in total. The highest BCUT2D eigenvalue weighted by Gasteiger charge is 2.01. The van der Waals surface area contributed by atoms with Crippen molar-refractivity contribution in [2.45, 2.75) is 39.2 Å². The molecule has 1 aromatic rings. The molecule has 0 spiro atoms. The van der Waals surface area contributed by atoms with E-state index < -0.39 is 0 Å². The van der Waals surface area contributed by atoms with Gasteiger partial charge in [0, 0.05) is 25.7 Å². The molecule has 0 bridgehead atoms. The van der Waals surface area contributed by atoms with Gasteiger partial charge in [-0.2, -0.15) is 0 Å². The fourth-order valence-electron chi connectivity index (χ4n) is 2.09. The van der Waals surface area contributed by atoms with Crippen LogP contribution in [0.3, 0.4) is 0 Å². The zero-order valence-corrected chi connectivity index (χ0v) is 14.7. The van der Waals surface area contributed by atoms with Crippen LogP contribution in [0.15, 0.2) is 24.5 Å². The van der Waals surface area contributed by atoms with Gasteiger partial charge in [0.25, 0.3) is 0 Å². The number of unbranched alkanes of at least 4 members (excludes halogenated alkanes) is 3. The van der Waals surface area contributed by atoms with Crippen LogP contribution in [0.25, 0.3) is 0 Å². The Bertz CT molecular complexity index is 370. The van der Waals surface area contributed by atoms with Crippen molar-refractivity contribution in [2.75, 3.05) is 46.8 Å². The lowest BCUT2D eigenvalue weighted by Crippen LogP contribution is -2.32. The van der Waals surface area contributed by atoms with Crippen LogP contribution in [0, 0.1) is 0 Å². The summed E-state index contributed by atoms with van der Waals surface area (Å²) in [6, 6.07) is 4.02. The SMILES string of the molecule is CCCCCC[n+]1ccc(OCCOCCOCCOC)cc1. The number of pyridine rings is 1. The summed E-state index contributed by atoms with van der Waals surface area (Å²) in [7, 11) is 1.66. The monoisotopic (exact) mass is 326 g/mol. The first kappa shape index (κ1) is 19.9. The number of aryl methyl sites for hydroxylation is 1. The third-order valence-electron chi connectivity index (χ3n) is 3.43. The van der Waals surface area contributed by atoms with Gasteiger partial charge in [-0.15, -0.1) is 0 Å². The lowest BCUT2D eigenvalue weighted by Gasteiger charge is -2.07. The molecule has 0 fully saturated rings. The van der Waals surface area contributed by atoms with Crippen LogP contribution in [0.4, 0.5) is 0 Å². The predicted octanol–water partition coefficient (Wildman–Crippen LogP) is 2.61. The highest BCUT2D eigenvalue weighted by atomic mass is 16.6. The maximum atomic E-state index is 5.65. The van der Waals surface area contributed by atoms with E-state index in [1.54, 1.807) is 7.11 Å². The van der Waals surface area contributed by atoms with E-state index in [1.165, 1.54) is 25.7 Å². The Morgan fingerprint density at radius 3 is 2.13 bits per heavy atom. The van der Waals surface area contributed by atoms with E-state index in [4.69, 9.17) is 18.9 Å². The summed E-state index contributed by atoms with van der Waals surface area (Å²) in [5.74, 6) is 0.884. The molecule has 0 saturated carbocycles. The fraction of sp³-hybridized carbons (Fsp3) is 0.722. The second kappa shape index (κ2) is 14.4. The van der Waals surface area contributed by atoms with E-state index >= 15 is 0 Å². The van der Waals surface area contributed by atoms with E-state index in [2.05, 4.69) is 23.9 Å². The fourth-order valence-corrected chi connectivity index (χ4v) is 2.09. The van der Waals surface area contributed by atoms with Crippen molar-refractivity contribution in [2.24, 2.45) is 0 Å². The van der Waals surface area contributed by atoms with Crippen molar-refractivity contribution in [3.8, 4) is 5.75 Å². The number of nitrogens with zero attached hydrogens (tertiary/aromatic N) is 1. The zero-order chi connectivity index (χ0) is 16.6. The third-order valence-corrected chi connectivity index (χ3v) is 3.43.